The normalized spacial score (nSPS) is 15.5. The summed E-state index contributed by atoms with van der Waals surface area (Å²) in [6.45, 7) is 5.70. The number of amides is 1. The lowest BCUT2D eigenvalue weighted by Crippen LogP contribution is -2.33. The van der Waals surface area contributed by atoms with E-state index in [1.54, 1.807) is 6.92 Å². The molecule has 3 N–H and O–H groups in total. The number of aromatic amines is 2. The van der Waals surface area contributed by atoms with Crippen molar-refractivity contribution in [3.05, 3.63) is 32.1 Å². The number of aromatic nitrogens is 2. The van der Waals surface area contributed by atoms with E-state index in [0.717, 1.165) is 13.0 Å². The molecular weight excluding hydrogens is 296 g/mol. The highest BCUT2D eigenvalue weighted by Crippen LogP contribution is 2.08. The Labute approximate surface area is 135 Å². The molecule has 7 heteroatoms. The number of piperidine rings is 1. The molecule has 1 saturated heterocycles. The fourth-order valence-electron chi connectivity index (χ4n) is 2.97. The largest absolute Gasteiger partial charge is 0.356 e. The number of hydrogen-bond donors (Lipinski definition) is 3. The Hall–Kier alpha value is -1.89. The van der Waals surface area contributed by atoms with Crippen LogP contribution in [-0.4, -0.2) is 47.0 Å². The van der Waals surface area contributed by atoms with Crippen LogP contribution in [0.5, 0.6) is 0 Å². The molecule has 0 radical (unpaired) electrons. The molecule has 0 spiro atoms. The minimum atomic E-state index is -0.515. The molecule has 0 saturated carbocycles. The molecule has 1 aromatic rings. The summed E-state index contributed by atoms with van der Waals surface area (Å²) < 4.78 is 0. The van der Waals surface area contributed by atoms with Gasteiger partial charge in [0, 0.05) is 24.2 Å². The molecule has 1 amide bonds. The van der Waals surface area contributed by atoms with Gasteiger partial charge in [-0.05, 0) is 52.2 Å². The Morgan fingerprint density at radius 1 is 1.17 bits per heavy atom. The molecule has 1 fully saturated rings. The molecule has 7 nitrogen and oxygen atoms in total. The summed E-state index contributed by atoms with van der Waals surface area (Å²) in [6.07, 6.45) is 5.41. The van der Waals surface area contributed by atoms with Crippen LogP contribution in [-0.2, 0) is 11.2 Å². The third kappa shape index (κ3) is 5.67. The number of carbonyl (C=O) groups excluding carboxylic acids is 1. The lowest BCUT2D eigenvalue weighted by atomic mass is 10.1. The maximum atomic E-state index is 11.8. The standard InChI is InChI=1S/C16H26N4O3/c1-12-13(15(22)19-16(23)18-12)6-7-14(21)17-8-5-11-20-9-3-2-4-10-20/h2-11H2,1H3,(H,17,21)(H2,18,19,22,23). The summed E-state index contributed by atoms with van der Waals surface area (Å²) >= 11 is 0. The molecule has 0 bridgehead atoms. The van der Waals surface area contributed by atoms with Crippen LogP contribution in [0, 0.1) is 6.92 Å². The summed E-state index contributed by atoms with van der Waals surface area (Å²) in [7, 11) is 0. The van der Waals surface area contributed by atoms with E-state index in [1.165, 1.54) is 32.4 Å². The Morgan fingerprint density at radius 3 is 2.61 bits per heavy atom. The van der Waals surface area contributed by atoms with E-state index >= 15 is 0 Å². The first kappa shape index (κ1) is 17.5. The maximum absolute atomic E-state index is 11.8. The van der Waals surface area contributed by atoms with Crippen molar-refractivity contribution in [3.8, 4) is 0 Å². The van der Waals surface area contributed by atoms with E-state index in [4.69, 9.17) is 0 Å². The first-order valence-corrected chi connectivity index (χ1v) is 8.37. The van der Waals surface area contributed by atoms with Crippen LogP contribution in [0.4, 0.5) is 0 Å². The van der Waals surface area contributed by atoms with Crippen molar-refractivity contribution in [2.75, 3.05) is 26.2 Å². The van der Waals surface area contributed by atoms with Gasteiger partial charge in [0.15, 0.2) is 0 Å². The van der Waals surface area contributed by atoms with E-state index < -0.39 is 11.2 Å². The van der Waals surface area contributed by atoms with Crippen molar-refractivity contribution >= 4 is 5.91 Å². The Bertz CT molecular complexity index is 629. The zero-order valence-corrected chi connectivity index (χ0v) is 13.7. The van der Waals surface area contributed by atoms with E-state index in [-0.39, 0.29) is 12.3 Å². The number of carbonyl (C=O) groups is 1. The van der Waals surface area contributed by atoms with Gasteiger partial charge >= 0.3 is 5.69 Å². The van der Waals surface area contributed by atoms with Crippen molar-refractivity contribution in [1.82, 2.24) is 20.2 Å². The lowest BCUT2D eigenvalue weighted by Gasteiger charge is -2.26. The highest BCUT2D eigenvalue weighted by molar-refractivity contribution is 5.76. The summed E-state index contributed by atoms with van der Waals surface area (Å²) in [5.74, 6) is -0.0614. The van der Waals surface area contributed by atoms with Gasteiger partial charge in [0.1, 0.15) is 0 Å². The van der Waals surface area contributed by atoms with Crippen LogP contribution in [0.2, 0.25) is 0 Å². The molecule has 0 aromatic carbocycles. The molecule has 128 valence electrons. The number of H-pyrrole nitrogens is 2. The molecule has 2 heterocycles. The molecule has 0 atom stereocenters. The number of likely N-dealkylation sites (tertiary alicyclic amines) is 1. The van der Waals surface area contributed by atoms with Crippen LogP contribution in [0.15, 0.2) is 9.59 Å². The second-order valence-electron chi connectivity index (χ2n) is 6.12. The zero-order valence-electron chi connectivity index (χ0n) is 13.7. The topological polar surface area (TPSA) is 98.1 Å². The second kappa shape index (κ2) is 8.67. The first-order valence-electron chi connectivity index (χ1n) is 8.37. The monoisotopic (exact) mass is 322 g/mol. The lowest BCUT2D eigenvalue weighted by molar-refractivity contribution is -0.121. The number of nitrogens with one attached hydrogen (secondary N) is 3. The molecule has 1 aliphatic heterocycles. The van der Waals surface area contributed by atoms with Crippen LogP contribution < -0.4 is 16.6 Å². The number of aryl methyl sites for hydroxylation is 1. The second-order valence-corrected chi connectivity index (χ2v) is 6.12. The van der Waals surface area contributed by atoms with Gasteiger partial charge in [0.2, 0.25) is 5.91 Å². The van der Waals surface area contributed by atoms with Crippen molar-refractivity contribution in [1.29, 1.82) is 0 Å². The van der Waals surface area contributed by atoms with Gasteiger partial charge in [-0.3, -0.25) is 14.6 Å². The molecule has 0 aliphatic carbocycles. The van der Waals surface area contributed by atoms with Gasteiger partial charge in [0.05, 0.1) is 0 Å². The summed E-state index contributed by atoms with van der Waals surface area (Å²) in [5, 5.41) is 2.89. The molecule has 1 aliphatic rings. The Kier molecular flexibility index (Phi) is 6.58. The van der Waals surface area contributed by atoms with E-state index in [1.807, 2.05) is 0 Å². The van der Waals surface area contributed by atoms with Crippen molar-refractivity contribution in [2.45, 2.75) is 45.4 Å². The summed E-state index contributed by atoms with van der Waals surface area (Å²) in [5.41, 5.74) is 0.0623. The molecular formula is C16H26N4O3. The van der Waals surface area contributed by atoms with Crippen LogP contribution >= 0.6 is 0 Å². The third-order valence-corrected chi connectivity index (χ3v) is 4.28. The average molecular weight is 322 g/mol. The smallest absolute Gasteiger partial charge is 0.325 e. The van der Waals surface area contributed by atoms with Crippen LogP contribution in [0.3, 0.4) is 0 Å². The van der Waals surface area contributed by atoms with Crippen LogP contribution in [0.1, 0.15) is 43.4 Å². The third-order valence-electron chi connectivity index (χ3n) is 4.28. The summed E-state index contributed by atoms with van der Waals surface area (Å²) in [4.78, 5) is 41.8. The van der Waals surface area contributed by atoms with Crippen LogP contribution in [0.25, 0.3) is 0 Å². The fourth-order valence-corrected chi connectivity index (χ4v) is 2.97. The van der Waals surface area contributed by atoms with Gasteiger partial charge in [-0.2, -0.15) is 0 Å². The van der Waals surface area contributed by atoms with Gasteiger partial charge in [-0.1, -0.05) is 6.42 Å². The van der Waals surface area contributed by atoms with Crippen molar-refractivity contribution < 1.29 is 4.79 Å². The molecule has 2 rings (SSSR count). The summed E-state index contributed by atoms with van der Waals surface area (Å²) in [6, 6.07) is 0. The van der Waals surface area contributed by atoms with E-state index in [0.29, 0.717) is 24.2 Å². The van der Waals surface area contributed by atoms with Crippen molar-refractivity contribution in [3.63, 3.8) is 0 Å². The minimum absolute atomic E-state index is 0.0614. The zero-order chi connectivity index (χ0) is 16.7. The number of rotatable bonds is 7. The first-order chi connectivity index (χ1) is 11.1. The Morgan fingerprint density at radius 2 is 1.91 bits per heavy atom. The minimum Gasteiger partial charge on any atom is -0.356 e. The van der Waals surface area contributed by atoms with E-state index in [9.17, 15) is 14.4 Å². The van der Waals surface area contributed by atoms with E-state index in [2.05, 4.69) is 20.2 Å². The Balaban J connectivity index is 1.67. The molecule has 0 unspecified atom stereocenters. The molecule has 1 aromatic heterocycles. The average Bonchev–Trinajstić information content (AvgIpc) is 2.51. The highest BCUT2D eigenvalue weighted by atomic mass is 16.2. The van der Waals surface area contributed by atoms with Gasteiger partial charge in [0.25, 0.3) is 5.56 Å². The van der Waals surface area contributed by atoms with Gasteiger partial charge in [-0.15, -0.1) is 0 Å². The maximum Gasteiger partial charge on any atom is 0.325 e. The fraction of sp³-hybridized carbons (Fsp3) is 0.688. The van der Waals surface area contributed by atoms with Gasteiger partial charge < -0.3 is 15.2 Å². The number of nitrogens with zero attached hydrogens (tertiary/aromatic N) is 1. The molecule has 23 heavy (non-hydrogen) atoms. The highest BCUT2D eigenvalue weighted by Gasteiger charge is 2.10. The predicted octanol–water partition coefficient (Wildman–Crippen LogP) is 0.296. The van der Waals surface area contributed by atoms with Crippen molar-refractivity contribution in [2.24, 2.45) is 0 Å². The van der Waals surface area contributed by atoms with Gasteiger partial charge in [-0.25, -0.2) is 4.79 Å². The SMILES string of the molecule is Cc1[nH]c(=O)[nH]c(=O)c1CCC(=O)NCCCN1CCCCC1. The predicted molar refractivity (Wildman–Crippen MR) is 88.7 cm³/mol. The quantitative estimate of drug-likeness (QED) is 0.629. The number of hydrogen-bond acceptors (Lipinski definition) is 4.